The summed E-state index contributed by atoms with van der Waals surface area (Å²) in [5, 5.41) is 0. The van der Waals surface area contributed by atoms with E-state index in [-0.39, 0.29) is 5.54 Å². The number of nitrogens with zero attached hydrogens (tertiary/aromatic N) is 1. The fraction of sp³-hybridized carbons (Fsp3) is 0.960. The minimum absolute atomic E-state index is 0.0167. The second kappa shape index (κ2) is 15.4. The van der Waals surface area contributed by atoms with Gasteiger partial charge in [-0.25, -0.2) is 4.99 Å². The standard InChI is InChI=1S/C25H49NO/c1-23(2)20-18-16-14-12-10-8-6-5-7-9-11-13-15-17-19-21-24-26-25(3,4)22-27-24/h23H,5-22H2,1-4H3. The van der Waals surface area contributed by atoms with E-state index in [4.69, 9.17) is 4.74 Å². The highest BCUT2D eigenvalue weighted by Gasteiger charge is 2.25. The quantitative estimate of drug-likeness (QED) is 0.219. The maximum absolute atomic E-state index is 5.65. The Kier molecular flexibility index (Phi) is 14.0. The predicted octanol–water partition coefficient (Wildman–Crippen LogP) is 8.48. The topological polar surface area (TPSA) is 21.6 Å². The molecular formula is C25H49NO. The predicted molar refractivity (Wildman–Crippen MR) is 121 cm³/mol. The maximum atomic E-state index is 5.65. The molecule has 2 nitrogen and oxygen atoms in total. The third-order valence-corrected chi connectivity index (χ3v) is 5.69. The summed E-state index contributed by atoms with van der Waals surface area (Å²) < 4.78 is 5.65. The van der Waals surface area contributed by atoms with Crippen LogP contribution >= 0.6 is 0 Å². The van der Waals surface area contributed by atoms with Crippen molar-refractivity contribution in [1.29, 1.82) is 0 Å². The van der Waals surface area contributed by atoms with Crippen LogP contribution in [0.2, 0.25) is 0 Å². The zero-order valence-electron chi connectivity index (χ0n) is 19.2. The largest absolute Gasteiger partial charge is 0.478 e. The molecule has 0 aromatic carbocycles. The average molecular weight is 380 g/mol. The van der Waals surface area contributed by atoms with Gasteiger partial charge in [0, 0.05) is 6.42 Å². The van der Waals surface area contributed by atoms with Crippen molar-refractivity contribution in [2.24, 2.45) is 10.9 Å². The summed E-state index contributed by atoms with van der Waals surface area (Å²) in [5.41, 5.74) is 0.0167. The molecule has 1 heterocycles. The van der Waals surface area contributed by atoms with E-state index in [0.717, 1.165) is 24.8 Å². The molecule has 0 amide bonds. The van der Waals surface area contributed by atoms with Crippen LogP contribution in [0.4, 0.5) is 0 Å². The lowest BCUT2D eigenvalue weighted by Crippen LogP contribution is -2.17. The van der Waals surface area contributed by atoms with E-state index in [2.05, 4.69) is 32.7 Å². The van der Waals surface area contributed by atoms with Crippen molar-refractivity contribution >= 4 is 5.90 Å². The van der Waals surface area contributed by atoms with Crippen LogP contribution in [0.3, 0.4) is 0 Å². The molecule has 0 unspecified atom stereocenters. The molecule has 0 spiro atoms. The highest BCUT2D eigenvalue weighted by Crippen LogP contribution is 2.20. The van der Waals surface area contributed by atoms with Crippen LogP contribution in [-0.4, -0.2) is 18.0 Å². The summed E-state index contributed by atoms with van der Waals surface area (Å²) in [5.74, 6) is 1.88. The SMILES string of the molecule is CC(C)CCCCCCCCCCCCCCCCCC1=NC(C)(C)CO1. The van der Waals surface area contributed by atoms with Gasteiger partial charge in [0.2, 0.25) is 0 Å². The Hall–Kier alpha value is -0.530. The molecule has 0 radical (unpaired) electrons. The van der Waals surface area contributed by atoms with Crippen molar-refractivity contribution in [3.05, 3.63) is 0 Å². The van der Waals surface area contributed by atoms with Gasteiger partial charge in [0.15, 0.2) is 5.90 Å². The molecule has 0 aromatic rings. The smallest absolute Gasteiger partial charge is 0.183 e. The first-order valence-electron chi connectivity index (χ1n) is 12.2. The number of unbranched alkanes of at least 4 members (excludes halogenated alkanes) is 14. The van der Waals surface area contributed by atoms with Crippen LogP contribution in [0.5, 0.6) is 0 Å². The van der Waals surface area contributed by atoms with Crippen molar-refractivity contribution in [1.82, 2.24) is 0 Å². The van der Waals surface area contributed by atoms with E-state index < -0.39 is 0 Å². The monoisotopic (exact) mass is 379 g/mol. The first-order valence-corrected chi connectivity index (χ1v) is 12.2. The van der Waals surface area contributed by atoms with Gasteiger partial charge in [-0.1, -0.05) is 110 Å². The fourth-order valence-electron chi connectivity index (χ4n) is 3.92. The Labute approximate surface area is 171 Å². The van der Waals surface area contributed by atoms with Crippen LogP contribution in [0.1, 0.15) is 137 Å². The number of hydrogen-bond donors (Lipinski definition) is 0. The molecule has 0 aromatic heterocycles. The van der Waals surface area contributed by atoms with E-state index in [0.29, 0.717) is 0 Å². The van der Waals surface area contributed by atoms with Gasteiger partial charge in [0.05, 0.1) is 5.54 Å². The van der Waals surface area contributed by atoms with Crippen LogP contribution in [0, 0.1) is 5.92 Å². The van der Waals surface area contributed by atoms with Crippen LogP contribution in [0.15, 0.2) is 4.99 Å². The van der Waals surface area contributed by atoms with Crippen molar-refractivity contribution in [2.75, 3.05) is 6.61 Å². The molecule has 0 fully saturated rings. The number of aliphatic imine (C=N–C) groups is 1. The normalized spacial score (nSPS) is 16.0. The zero-order valence-corrected chi connectivity index (χ0v) is 19.2. The van der Waals surface area contributed by atoms with Gasteiger partial charge in [-0.2, -0.15) is 0 Å². The molecular weight excluding hydrogens is 330 g/mol. The Morgan fingerprint density at radius 3 is 1.48 bits per heavy atom. The van der Waals surface area contributed by atoms with E-state index in [9.17, 15) is 0 Å². The van der Waals surface area contributed by atoms with E-state index >= 15 is 0 Å². The van der Waals surface area contributed by atoms with Crippen molar-refractivity contribution < 1.29 is 4.74 Å². The number of hydrogen-bond acceptors (Lipinski definition) is 2. The molecule has 0 bridgehead atoms. The third-order valence-electron chi connectivity index (χ3n) is 5.69. The Morgan fingerprint density at radius 2 is 1.11 bits per heavy atom. The summed E-state index contributed by atoms with van der Waals surface area (Å²) in [6, 6.07) is 0. The summed E-state index contributed by atoms with van der Waals surface area (Å²) in [6.07, 6.45) is 23.8. The lowest BCUT2D eigenvalue weighted by molar-refractivity contribution is 0.273. The molecule has 1 aliphatic rings. The lowest BCUT2D eigenvalue weighted by Gasteiger charge is -2.07. The second-order valence-corrected chi connectivity index (χ2v) is 9.84. The van der Waals surface area contributed by atoms with Crippen LogP contribution < -0.4 is 0 Å². The lowest BCUT2D eigenvalue weighted by atomic mass is 10.0. The van der Waals surface area contributed by atoms with Crippen LogP contribution in [0.25, 0.3) is 0 Å². The molecule has 27 heavy (non-hydrogen) atoms. The molecule has 0 saturated carbocycles. The van der Waals surface area contributed by atoms with Gasteiger partial charge in [-0.05, 0) is 26.2 Å². The maximum Gasteiger partial charge on any atom is 0.183 e. The molecule has 1 aliphatic heterocycles. The molecule has 0 saturated heterocycles. The van der Waals surface area contributed by atoms with Gasteiger partial charge in [0.1, 0.15) is 6.61 Å². The van der Waals surface area contributed by atoms with Gasteiger partial charge in [-0.3, -0.25) is 0 Å². The van der Waals surface area contributed by atoms with Crippen molar-refractivity contribution in [3.8, 4) is 0 Å². The van der Waals surface area contributed by atoms with Gasteiger partial charge in [-0.15, -0.1) is 0 Å². The summed E-state index contributed by atoms with van der Waals surface area (Å²) in [6.45, 7) is 9.73. The summed E-state index contributed by atoms with van der Waals surface area (Å²) >= 11 is 0. The third kappa shape index (κ3) is 15.1. The number of ether oxygens (including phenoxy) is 1. The average Bonchev–Trinajstić information content (AvgIpc) is 2.96. The van der Waals surface area contributed by atoms with Gasteiger partial charge < -0.3 is 4.74 Å². The molecule has 0 atom stereocenters. The Balaban J connectivity index is 1.71. The Bertz CT molecular complexity index is 373. The second-order valence-electron chi connectivity index (χ2n) is 9.84. The van der Waals surface area contributed by atoms with E-state index in [1.54, 1.807) is 0 Å². The van der Waals surface area contributed by atoms with Crippen molar-refractivity contribution in [3.63, 3.8) is 0 Å². The molecule has 160 valence electrons. The highest BCUT2D eigenvalue weighted by atomic mass is 16.5. The van der Waals surface area contributed by atoms with E-state index in [1.807, 2.05) is 0 Å². The first kappa shape index (κ1) is 24.5. The van der Waals surface area contributed by atoms with Gasteiger partial charge in [0.25, 0.3) is 0 Å². The number of rotatable bonds is 18. The first-order chi connectivity index (χ1) is 13.0. The van der Waals surface area contributed by atoms with E-state index in [1.165, 1.54) is 103 Å². The Morgan fingerprint density at radius 1 is 0.704 bits per heavy atom. The summed E-state index contributed by atoms with van der Waals surface area (Å²) in [7, 11) is 0. The minimum Gasteiger partial charge on any atom is -0.478 e. The minimum atomic E-state index is 0.0167. The zero-order chi connectivity index (χ0) is 19.8. The van der Waals surface area contributed by atoms with Gasteiger partial charge >= 0.3 is 0 Å². The molecule has 0 N–H and O–H groups in total. The molecule has 0 aliphatic carbocycles. The fourth-order valence-corrected chi connectivity index (χ4v) is 3.92. The molecule has 2 heteroatoms. The highest BCUT2D eigenvalue weighted by molar-refractivity contribution is 5.78. The summed E-state index contributed by atoms with van der Waals surface area (Å²) in [4.78, 5) is 4.63. The van der Waals surface area contributed by atoms with Crippen molar-refractivity contribution in [2.45, 2.75) is 142 Å². The van der Waals surface area contributed by atoms with Crippen LogP contribution in [-0.2, 0) is 4.74 Å². The molecule has 1 rings (SSSR count).